The van der Waals surface area contributed by atoms with E-state index in [1.807, 2.05) is 6.07 Å². The first kappa shape index (κ1) is 27.7. The van der Waals surface area contributed by atoms with Crippen LogP contribution in [0.2, 0.25) is 10.0 Å². The third kappa shape index (κ3) is 7.82. The number of aryl methyl sites for hydroxylation is 1. The maximum absolute atomic E-state index is 12.2. The summed E-state index contributed by atoms with van der Waals surface area (Å²) in [6.07, 6.45) is 1.45. The molecule has 1 aromatic heterocycles. The van der Waals surface area contributed by atoms with Crippen LogP contribution < -0.4 is 19.6 Å². The highest BCUT2D eigenvalue weighted by atomic mass is 35.5. The van der Waals surface area contributed by atoms with Gasteiger partial charge in [0.25, 0.3) is 5.91 Å². The number of ether oxygens (including phenoxy) is 4. The van der Waals surface area contributed by atoms with Gasteiger partial charge < -0.3 is 18.9 Å². The molecule has 1 N–H and O–H groups in total. The van der Waals surface area contributed by atoms with Crippen LogP contribution in [0, 0.1) is 18.3 Å². The van der Waals surface area contributed by atoms with Gasteiger partial charge in [0.1, 0.15) is 18.2 Å². The molecule has 0 radical (unpaired) electrons. The third-order valence-corrected chi connectivity index (χ3v) is 5.52. The number of pyridine rings is 1. The molecule has 2 aromatic carbocycles. The van der Waals surface area contributed by atoms with Gasteiger partial charge in [0.05, 0.1) is 19.9 Å². The van der Waals surface area contributed by atoms with E-state index < -0.39 is 5.91 Å². The Labute approximate surface area is 224 Å². The van der Waals surface area contributed by atoms with Crippen molar-refractivity contribution in [2.24, 2.45) is 5.10 Å². The van der Waals surface area contributed by atoms with Gasteiger partial charge in [-0.05, 0) is 48.9 Å². The van der Waals surface area contributed by atoms with Gasteiger partial charge in [-0.15, -0.1) is 0 Å². The minimum atomic E-state index is -0.525. The summed E-state index contributed by atoms with van der Waals surface area (Å²) in [6, 6.07) is 14.1. The number of aromatic nitrogens is 1. The fraction of sp³-hybridized carbons (Fsp3) is 0.231. The molecule has 3 rings (SSSR count). The maximum Gasteiger partial charge on any atom is 0.278 e. The van der Waals surface area contributed by atoms with Crippen LogP contribution in [0.1, 0.15) is 27.9 Å². The normalized spacial score (nSPS) is 10.7. The van der Waals surface area contributed by atoms with Crippen molar-refractivity contribution in [3.05, 3.63) is 80.5 Å². The molecule has 1 heterocycles. The summed E-state index contributed by atoms with van der Waals surface area (Å²) >= 11 is 12.1. The molecule has 0 saturated carbocycles. The van der Waals surface area contributed by atoms with Crippen molar-refractivity contribution >= 4 is 35.3 Å². The zero-order valence-corrected chi connectivity index (χ0v) is 21.9. The van der Waals surface area contributed by atoms with Crippen molar-refractivity contribution < 1.29 is 23.7 Å². The molecular formula is C26H24Cl2N4O5. The fourth-order valence-electron chi connectivity index (χ4n) is 3.23. The Morgan fingerprint density at radius 1 is 1.08 bits per heavy atom. The summed E-state index contributed by atoms with van der Waals surface area (Å²) in [6.45, 7) is 1.83. The van der Waals surface area contributed by atoms with Crippen molar-refractivity contribution in [2.75, 3.05) is 20.8 Å². The van der Waals surface area contributed by atoms with Crippen LogP contribution in [0.4, 0.5) is 0 Å². The van der Waals surface area contributed by atoms with Crippen LogP contribution in [-0.2, 0) is 22.7 Å². The predicted molar refractivity (Wildman–Crippen MR) is 139 cm³/mol. The lowest BCUT2D eigenvalue weighted by Gasteiger charge is -2.12. The first-order chi connectivity index (χ1) is 17.8. The first-order valence-electron chi connectivity index (χ1n) is 10.9. The highest BCUT2D eigenvalue weighted by Gasteiger charge is 2.14. The van der Waals surface area contributed by atoms with E-state index in [9.17, 15) is 10.1 Å². The van der Waals surface area contributed by atoms with Gasteiger partial charge in [-0.25, -0.2) is 10.4 Å². The van der Waals surface area contributed by atoms with E-state index in [0.717, 1.165) is 5.56 Å². The van der Waals surface area contributed by atoms with Crippen LogP contribution in [0.5, 0.6) is 17.4 Å². The monoisotopic (exact) mass is 542 g/mol. The highest BCUT2D eigenvalue weighted by molar-refractivity contribution is 6.35. The van der Waals surface area contributed by atoms with E-state index in [1.165, 1.54) is 20.4 Å². The average Bonchev–Trinajstić information content (AvgIpc) is 2.87. The molecule has 11 heteroatoms. The van der Waals surface area contributed by atoms with Crippen LogP contribution in [0.15, 0.2) is 47.6 Å². The number of hydrazone groups is 1. The molecule has 0 spiro atoms. The molecule has 37 heavy (non-hydrogen) atoms. The zero-order chi connectivity index (χ0) is 26.8. The fourth-order valence-corrected chi connectivity index (χ4v) is 3.69. The zero-order valence-electron chi connectivity index (χ0n) is 20.4. The van der Waals surface area contributed by atoms with E-state index in [0.29, 0.717) is 38.4 Å². The van der Waals surface area contributed by atoms with Gasteiger partial charge >= 0.3 is 0 Å². The van der Waals surface area contributed by atoms with Gasteiger partial charge in [0.2, 0.25) is 5.88 Å². The molecule has 0 fully saturated rings. The molecule has 3 aromatic rings. The average molecular weight is 543 g/mol. The number of amides is 1. The lowest BCUT2D eigenvalue weighted by molar-refractivity contribution is -0.123. The molecule has 0 atom stereocenters. The molecule has 0 aliphatic heterocycles. The molecule has 0 unspecified atom stereocenters. The minimum Gasteiger partial charge on any atom is -0.493 e. The second-order valence-electron chi connectivity index (χ2n) is 7.66. The number of nitrogens with zero attached hydrogens (tertiary/aromatic N) is 3. The van der Waals surface area contributed by atoms with E-state index in [4.69, 9.17) is 42.1 Å². The van der Waals surface area contributed by atoms with Gasteiger partial charge in [-0.2, -0.15) is 10.4 Å². The summed E-state index contributed by atoms with van der Waals surface area (Å²) in [5, 5.41) is 14.4. The third-order valence-electron chi connectivity index (χ3n) is 4.94. The van der Waals surface area contributed by atoms with E-state index >= 15 is 0 Å². The Morgan fingerprint density at radius 3 is 2.59 bits per heavy atom. The van der Waals surface area contributed by atoms with E-state index in [2.05, 4.69) is 15.5 Å². The molecule has 0 aliphatic carbocycles. The van der Waals surface area contributed by atoms with Crippen LogP contribution in [-0.4, -0.2) is 37.9 Å². The number of halogens is 2. The SMILES string of the molecule is COCc1cc(C)nc(OCC(=O)N/N=C\c2ccc(OCc3ccc(Cl)cc3Cl)c(OC)c2)c1C#N. The van der Waals surface area contributed by atoms with Crippen LogP contribution in [0.3, 0.4) is 0 Å². The van der Waals surface area contributed by atoms with Crippen molar-refractivity contribution in [3.63, 3.8) is 0 Å². The number of carbonyl (C=O) groups excluding carboxylic acids is 1. The van der Waals surface area contributed by atoms with Crippen molar-refractivity contribution in [1.82, 2.24) is 10.4 Å². The number of methoxy groups -OCH3 is 2. The lowest BCUT2D eigenvalue weighted by atomic mass is 10.1. The van der Waals surface area contributed by atoms with Crippen molar-refractivity contribution in [3.8, 4) is 23.4 Å². The standard InChI is InChI=1S/C26H24Cl2N4O5/c1-16-8-19(13-34-2)21(11-29)26(31-16)37-15-25(33)32-30-12-17-4-7-23(24(9-17)35-3)36-14-18-5-6-20(27)10-22(18)28/h4-10,12H,13-15H2,1-3H3,(H,32,33)/b30-12-. The number of benzene rings is 2. The Morgan fingerprint density at radius 2 is 1.89 bits per heavy atom. The summed E-state index contributed by atoms with van der Waals surface area (Å²) in [5.41, 5.74) is 5.30. The number of nitriles is 1. The summed E-state index contributed by atoms with van der Waals surface area (Å²) < 4.78 is 21.8. The van der Waals surface area contributed by atoms with Gasteiger partial charge in [0.15, 0.2) is 18.1 Å². The number of hydrogen-bond donors (Lipinski definition) is 1. The first-order valence-corrected chi connectivity index (χ1v) is 11.7. The maximum atomic E-state index is 12.2. The Bertz CT molecular complexity index is 1340. The van der Waals surface area contributed by atoms with Crippen molar-refractivity contribution in [2.45, 2.75) is 20.1 Å². The van der Waals surface area contributed by atoms with Crippen molar-refractivity contribution in [1.29, 1.82) is 5.26 Å². The number of carbonyl (C=O) groups is 1. The predicted octanol–water partition coefficient (Wildman–Crippen LogP) is 4.83. The van der Waals surface area contributed by atoms with E-state index in [1.54, 1.807) is 49.4 Å². The second kappa shape index (κ2) is 13.5. The molecule has 0 bridgehead atoms. The Kier molecular flexibility index (Phi) is 10.1. The highest BCUT2D eigenvalue weighted by Crippen LogP contribution is 2.30. The Balaban J connectivity index is 1.58. The largest absolute Gasteiger partial charge is 0.493 e. The van der Waals surface area contributed by atoms with Gasteiger partial charge in [0, 0.05) is 34.0 Å². The Hall–Kier alpha value is -3.84. The molecule has 192 valence electrons. The second-order valence-corrected chi connectivity index (χ2v) is 8.51. The van der Waals surface area contributed by atoms with Gasteiger partial charge in [-0.3, -0.25) is 4.79 Å². The molecule has 0 saturated heterocycles. The number of hydrogen-bond acceptors (Lipinski definition) is 8. The topological polar surface area (TPSA) is 115 Å². The minimum absolute atomic E-state index is 0.0638. The molecule has 0 aliphatic rings. The molecular weight excluding hydrogens is 519 g/mol. The smallest absolute Gasteiger partial charge is 0.278 e. The number of nitrogens with one attached hydrogen (secondary N) is 1. The number of rotatable bonds is 11. The quantitative estimate of drug-likeness (QED) is 0.272. The van der Waals surface area contributed by atoms with Gasteiger partial charge in [-0.1, -0.05) is 29.3 Å². The lowest BCUT2D eigenvalue weighted by Crippen LogP contribution is -2.25. The van der Waals surface area contributed by atoms with Crippen LogP contribution in [0.25, 0.3) is 0 Å². The molecule has 9 nitrogen and oxygen atoms in total. The molecule has 1 amide bonds. The van der Waals surface area contributed by atoms with E-state index in [-0.39, 0.29) is 31.3 Å². The summed E-state index contributed by atoms with van der Waals surface area (Å²) in [7, 11) is 3.04. The summed E-state index contributed by atoms with van der Waals surface area (Å²) in [4.78, 5) is 16.4. The summed E-state index contributed by atoms with van der Waals surface area (Å²) in [5.74, 6) is 0.525. The van der Waals surface area contributed by atoms with Crippen LogP contribution >= 0.6 is 23.2 Å².